The molecule has 1 unspecified atom stereocenters. The van der Waals surface area contributed by atoms with Crippen molar-refractivity contribution in [2.24, 2.45) is 5.14 Å². The molecule has 0 fully saturated rings. The van der Waals surface area contributed by atoms with E-state index in [0.29, 0.717) is 0 Å². The third-order valence-corrected chi connectivity index (χ3v) is 7.39. The van der Waals surface area contributed by atoms with Crippen LogP contribution in [0.15, 0.2) is 64.0 Å². The quantitative estimate of drug-likeness (QED) is 0.313. The number of aliphatic hydroxyl groups is 1. The molecule has 4 aromatic rings. The first-order valence-corrected chi connectivity index (χ1v) is 12.6. The third-order valence-electron chi connectivity index (χ3n) is 5.34. The van der Waals surface area contributed by atoms with Crippen LogP contribution < -0.4 is 5.14 Å². The highest BCUT2D eigenvalue weighted by Gasteiger charge is 2.32. The number of fused-ring (bicyclic) bond motifs is 1. The number of sulfonamides is 1. The maximum Gasteiger partial charge on any atom is 0.240 e. The molecule has 0 bridgehead atoms. The van der Waals surface area contributed by atoms with Crippen molar-refractivity contribution in [1.82, 2.24) is 4.57 Å². The maximum atomic E-state index is 14.9. The van der Waals surface area contributed by atoms with Gasteiger partial charge >= 0.3 is 0 Å². The molecular formula is C23H17BrClF3N2O3S. The Bertz CT molecular complexity index is 1530. The van der Waals surface area contributed by atoms with Gasteiger partial charge < -0.3 is 9.67 Å². The number of aliphatic hydroxyl groups excluding tert-OH is 1. The zero-order valence-electron chi connectivity index (χ0n) is 17.3. The topological polar surface area (TPSA) is 85.3 Å². The minimum Gasteiger partial charge on any atom is -0.393 e. The minimum atomic E-state index is -4.53. The smallest absolute Gasteiger partial charge is 0.240 e. The molecular weight excluding hydrogens is 557 g/mol. The number of benzene rings is 3. The first-order chi connectivity index (χ1) is 16.1. The number of hydrogen-bond acceptors (Lipinski definition) is 3. The highest BCUT2D eigenvalue weighted by Crippen LogP contribution is 2.47. The number of primary sulfonamides is 1. The standard InChI is InChI=1S/C23H17BrClF3N2O3S/c24-21-19(13-5-1-3-7-16(13)27)15(25)9-18-20(21)23(34(29,32)33)22(30(18)10-12(26)11-31)14-6-2-4-8-17(14)28/h1-9,12,31H,10-11H2,(H2,29,32,33). The number of nitrogens with two attached hydrogens (primary N) is 1. The summed E-state index contributed by atoms with van der Waals surface area (Å²) in [7, 11) is -4.53. The number of alkyl halides is 1. The highest BCUT2D eigenvalue weighted by atomic mass is 79.9. The lowest BCUT2D eigenvalue weighted by molar-refractivity contribution is 0.164. The number of rotatable bonds is 6. The summed E-state index contributed by atoms with van der Waals surface area (Å²) in [5, 5.41) is 14.9. The molecule has 34 heavy (non-hydrogen) atoms. The summed E-state index contributed by atoms with van der Waals surface area (Å²) in [6.07, 6.45) is -1.81. The van der Waals surface area contributed by atoms with Crippen LogP contribution in [0.1, 0.15) is 0 Å². The molecule has 3 aromatic carbocycles. The summed E-state index contributed by atoms with van der Waals surface area (Å²) in [4.78, 5) is -0.487. The van der Waals surface area contributed by atoms with Crippen molar-refractivity contribution in [1.29, 1.82) is 0 Å². The lowest BCUT2D eigenvalue weighted by atomic mass is 10.0. The molecule has 178 valence electrons. The fourth-order valence-corrected chi connectivity index (χ4v) is 6.31. The van der Waals surface area contributed by atoms with Crippen molar-refractivity contribution in [2.75, 3.05) is 6.61 Å². The largest absolute Gasteiger partial charge is 0.393 e. The molecule has 3 N–H and O–H groups in total. The fraction of sp³-hybridized carbons (Fsp3) is 0.130. The van der Waals surface area contributed by atoms with Gasteiger partial charge in [0.15, 0.2) is 0 Å². The molecule has 0 amide bonds. The Hall–Kier alpha value is -2.37. The van der Waals surface area contributed by atoms with Gasteiger partial charge in [0.05, 0.1) is 29.4 Å². The lowest BCUT2D eigenvalue weighted by Crippen LogP contribution is -2.18. The molecule has 1 heterocycles. The number of aromatic nitrogens is 1. The first kappa shape index (κ1) is 24.7. The fourth-order valence-electron chi connectivity index (χ4n) is 3.95. The van der Waals surface area contributed by atoms with Gasteiger partial charge in [0, 0.05) is 26.5 Å². The van der Waals surface area contributed by atoms with Crippen LogP contribution in [0.4, 0.5) is 13.2 Å². The van der Waals surface area contributed by atoms with Gasteiger partial charge in [-0.05, 0) is 40.2 Å². The van der Waals surface area contributed by atoms with E-state index in [-0.39, 0.29) is 42.8 Å². The van der Waals surface area contributed by atoms with E-state index in [1.54, 1.807) is 6.07 Å². The zero-order chi connectivity index (χ0) is 24.8. The summed E-state index contributed by atoms with van der Waals surface area (Å²) < 4.78 is 70.9. The van der Waals surface area contributed by atoms with Crippen LogP contribution in [0.25, 0.3) is 33.3 Å². The molecule has 0 saturated carbocycles. The van der Waals surface area contributed by atoms with E-state index in [2.05, 4.69) is 15.9 Å². The Morgan fingerprint density at radius 3 is 2.15 bits per heavy atom. The Balaban J connectivity index is 2.24. The van der Waals surface area contributed by atoms with E-state index in [4.69, 9.17) is 16.7 Å². The lowest BCUT2D eigenvalue weighted by Gasteiger charge is -2.15. The molecule has 4 rings (SSSR count). The zero-order valence-corrected chi connectivity index (χ0v) is 20.4. The number of nitrogens with zero attached hydrogens (tertiary/aromatic N) is 1. The van der Waals surface area contributed by atoms with Gasteiger partial charge in [-0.1, -0.05) is 41.9 Å². The monoisotopic (exact) mass is 572 g/mol. The van der Waals surface area contributed by atoms with Gasteiger partial charge in [0.1, 0.15) is 22.7 Å². The average Bonchev–Trinajstić information content (AvgIpc) is 3.09. The molecule has 11 heteroatoms. The van der Waals surface area contributed by atoms with Crippen LogP contribution in [-0.2, 0) is 16.6 Å². The van der Waals surface area contributed by atoms with Crippen LogP contribution in [0.2, 0.25) is 5.02 Å². The summed E-state index contributed by atoms with van der Waals surface area (Å²) >= 11 is 9.85. The average molecular weight is 574 g/mol. The molecule has 0 aliphatic carbocycles. The number of hydrogen-bond donors (Lipinski definition) is 2. The highest BCUT2D eigenvalue weighted by molar-refractivity contribution is 9.10. The Morgan fingerprint density at radius 1 is 1.06 bits per heavy atom. The molecule has 0 aliphatic heterocycles. The molecule has 0 aliphatic rings. The molecule has 5 nitrogen and oxygen atoms in total. The van der Waals surface area contributed by atoms with Gasteiger partial charge in [-0.3, -0.25) is 0 Å². The van der Waals surface area contributed by atoms with Crippen molar-refractivity contribution in [3.05, 3.63) is 75.7 Å². The van der Waals surface area contributed by atoms with Gasteiger partial charge in [0.2, 0.25) is 10.0 Å². The normalized spacial score (nSPS) is 12.9. The van der Waals surface area contributed by atoms with E-state index in [1.807, 2.05) is 0 Å². The second-order valence-corrected chi connectivity index (χ2v) is 10.2. The van der Waals surface area contributed by atoms with Crippen LogP contribution in [0, 0.1) is 11.6 Å². The summed E-state index contributed by atoms with van der Waals surface area (Å²) in [6.45, 7) is -1.38. The van der Waals surface area contributed by atoms with Crippen molar-refractivity contribution >= 4 is 48.5 Å². The number of halogens is 5. The van der Waals surface area contributed by atoms with Gasteiger partial charge in [-0.25, -0.2) is 26.7 Å². The predicted octanol–water partition coefficient (Wildman–Crippen LogP) is 5.65. The SMILES string of the molecule is NS(=O)(=O)c1c(-c2ccccc2F)n(CC(F)CO)c2cc(Cl)c(-c3ccccc3F)c(Br)c12. The van der Waals surface area contributed by atoms with Gasteiger partial charge in [-0.15, -0.1) is 0 Å². The minimum absolute atomic E-state index is 0.0199. The van der Waals surface area contributed by atoms with Gasteiger partial charge in [-0.2, -0.15) is 0 Å². The van der Waals surface area contributed by atoms with E-state index in [1.165, 1.54) is 47.0 Å². The van der Waals surface area contributed by atoms with Crippen LogP contribution >= 0.6 is 27.5 Å². The van der Waals surface area contributed by atoms with Gasteiger partial charge in [0.25, 0.3) is 0 Å². The molecule has 0 radical (unpaired) electrons. The van der Waals surface area contributed by atoms with E-state index < -0.39 is 45.9 Å². The Labute approximate surface area is 206 Å². The van der Waals surface area contributed by atoms with Crippen LogP contribution in [-0.4, -0.2) is 30.9 Å². The predicted molar refractivity (Wildman–Crippen MR) is 129 cm³/mol. The van der Waals surface area contributed by atoms with Crippen molar-refractivity contribution < 1.29 is 26.7 Å². The van der Waals surface area contributed by atoms with E-state index >= 15 is 0 Å². The van der Waals surface area contributed by atoms with Crippen LogP contribution in [0.5, 0.6) is 0 Å². The van der Waals surface area contributed by atoms with Crippen molar-refractivity contribution in [2.45, 2.75) is 17.6 Å². The maximum absolute atomic E-state index is 14.9. The Kier molecular flexibility index (Phi) is 6.80. The summed E-state index contributed by atoms with van der Waals surface area (Å²) in [6, 6.07) is 12.4. The Morgan fingerprint density at radius 2 is 1.62 bits per heavy atom. The summed E-state index contributed by atoms with van der Waals surface area (Å²) in [5.74, 6) is -1.38. The molecule has 0 spiro atoms. The van der Waals surface area contributed by atoms with Crippen LogP contribution in [0.3, 0.4) is 0 Å². The van der Waals surface area contributed by atoms with Crippen molar-refractivity contribution in [3.63, 3.8) is 0 Å². The third kappa shape index (κ3) is 4.25. The van der Waals surface area contributed by atoms with E-state index in [0.717, 1.165) is 6.07 Å². The summed E-state index contributed by atoms with van der Waals surface area (Å²) in [5.41, 5.74) is -0.0262. The molecule has 0 saturated heterocycles. The van der Waals surface area contributed by atoms with E-state index in [9.17, 15) is 26.7 Å². The molecule has 1 aromatic heterocycles. The van der Waals surface area contributed by atoms with Crippen molar-refractivity contribution in [3.8, 4) is 22.4 Å². The second-order valence-electron chi connectivity index (χ2n) is 7.51. The second kappa shape index (κ2) is 9.35. The first-order valence-electron chi connectivity index (χ1n) is 9.88. The molecule has 1 atom stereocenters.